The molecule has 0 aromatic rings. The first-order valence-corrected chi connectivity index (χ1v) is 22.1. The maximum atomic E-state index is 10.8. The number of aliphatic hydroxyl groups is 2. The van der Waals surface area contributed by atoms with Crippen molar-refractivity contribution in [1.29, 1.82) is 0 Å². The highest BCUT2D eigenvalue weighted by atomic mass is 32.1. The third kappa shape index (κ3) is 27.9. The van der Waals surface area contributed by atoms with Gasteiger partial charge in [-0.25, -0.2) is 0 Å². The van der Waals surface area contributed by atoms with Crippen LogP contribution >= 0.6 is 24.4 Å². The molecule has 0 bridgehead atoms. The first-order chi connectivity index (χ1) is 24.0. The van der Waals surface area contributed by atoms with Gasteiger partial charge < -0.3 is 24.4 Å². The van der Waals surface area contributed by atoms with Crippen LogP contribution in [0.4, 0.5) is 0 Å². The molecule has 49 heavy (non-hydrogen) atoms. The van der Waals surface area contributed by atoms with E-state index < -0.39 is 24.4 Å². The highest BCUT2D eigenvalue weighted by Crippen LogP contribution is 2.23. The van der Waals surface area contributed by atoms with E-state index >= 15 is 0 Å². The summed E-state index contributed by atoms with van der Waals surface area (Å²) in [5.41, 5.74) is 0. The van der Waals surface area contributed by atoms with Crippen LogP contribution in [0.1, 0.15) is 219 Å². The van der Waals surface area contributed by atoms with E-state index in [0.717, 1.165) is 32.1 Å². The van der Waals surface area contributed by atoms with Crippen molar-refractivity contribution in [3.8, 4) is 0 Å². The molecule has 0 spiro atoms. The maximum absolute atomic E-state index is 10.8. The molecule has 290 valence electrons. The largest absolute Gasteiger partial charge is 0.484 e. The van der Waals surface area contributed by atoms with Crippen molar-refractivity contribution in [2.24, 2.45) is 0 Å². The molecule has 0 amide bonds. The third-order valence-electron chi connectivity index (χ3n) is 10.2. The molecule has 0 aliphatic carbocycles. The lowest BCUT2D eigenvalue weighted by molar-refractivity contribution is -0.0620. The monoisotopic (exact) mass is 729 g/mol. The topological polar surface area (TPSA) is 68.2 Å². The highest BCUT2D eigenvalue weighted by molar-refractivity contribution is 7.80. The van der Waals surface area contributed by atoms with Crippen LogP contribution in [0.15, 0.2) is 0 Å². The smallest absolute Gasteiger partial charge is 0.160 e. The number of hydrogen-bond donors (Lipinski definition) is 2. The zero-order valence-corrected chi connectivity index (χ0v) is 33.9. The standard InChI is InChI=1S/C42H80O5S2/c1-3-5-7-9-11-13-15-17-19-21-23-25-27-29-31-33-39(48)45-35-37(43)41-42(38(44)36-46-41)47-40(49)34-32-30-28-26-24-22-20-18-16-14-12-10-8-6-4-2/h37-38,41-44H,3-36H2,1-2H3/t37-,38+,41+,42+/m1/s1. The molecule has 4 atom stereocenters. The van der Waals surface area contributed by atoms with Gasteiger partial charge in [-0.3, -0.25) is 0 Å². The van der Waals surface area contributed by atoms with E-state index in [1.54, 1.807) is 0 Å². The summed E-state index contributed by atoms with van der Waals surface area (Å²) in [5.74, 6) is 0. The van der Waals surface area contributed by atoms with Gasteiger partial charge in [-0.05, 0) is 37.3 Å². The molecule has 1 saturated heterocycles. The van der Waals surface area contributed by atoms with Crippen molar-refractivity contribution < 1.29 is 24.4 Å². The summed E-state index contributed by atoms with van der Waals surface area (Å²) >= 11 is 10.9. The minimum absolute atomic E-state index is 0.0423. The second-order valence-corrected chi connectivity index (χ2v) is 15.9. The van der Waals surface area contributed by atoms with E-state index in [1.807, 2.05) is 0 Å². The Morgan fingerprint density at radius 1 is 0.551 bits per heavy atom. The van der Waals surface area contributed by atoms with Crippen LogP contribution in [0.25, 0.3) is 0 Å². The molecular weight excluding hydrogens is 649 g/mol. The minimum Gasteiger partial charge on any atom is -0.484 e. The molecule has 5 nitrogen and oxygen atoms in total. The van der Waals surface area contributed by atoms with E-state index in [-0.39, 0.29) is 13.2 Å². The average Bonchev–Trinajstić information content (AvgIpc) is 3.46. The fourth-order valence-electron chi connectivity index (χ4n) is 6.93. The number of thiocarbonyl (C=S) groups is 2. The summed E-state index contributed by atoms with van der Waals surface area (Å²) in [6.07, 6.45) is 38.3. The number of unbranched alkanes of at least 4 members (excludes halogenated alkanes) is 28. The SMILES string of the molecule is CCCCCCCCCCCCCCCCCC(=S)OC[C@@H](O)[C@@H]1OC[C@H](O)[C@@H]1OC(=S)CCCCCCCCCCCCCCCCC. The Balaban J connectivity index is 2.01. The van der Waals surface area contributed by atoms with Crippen LogP contribution in [-0.2, 0) is 14.2 Å². The Bertz CT molecular complexity index is 751. The molecule has 1 heterocycles. The Hall–Kier alpha value is -0.340. The lowest BCUT2D eigenvalue weighted by Crippen LogP contribution is -2.43. The van der Waals surface area contributed by atoms with Crippen molar-refractivity contribution in [3.05, 3.63) is 0 Å². The second-order valence-electron chi connectivity index (χ2n) is 15.0. The molecule has 0 saturated carbocycles. The summed E-state index contributed by atoms with van der Waals surface area (Å²) in [5, 5.41) is 22.3. The lowest BCUT2D eigenvalue weighted by atomic mass is 10.0. The molecule has 0 aromatic carbocycles. The predicted octanol–water partition coefficient (Wildman–Crippen LogP) is 12.7. The Morgan fingerprint density at radius 2 is 0.878 bits per heavy atom. The van der Waals surface area contributed by atoms with Gasteiger partial charge in [0, 0.05) is 12.8 Å². The fraction of sp³-hybridized carbons (Fsp3) is 0.952. The van der Waals surface area contributed by atoms with E-state index in [9.17, 15) is 10.2 Å². The Kier molecular flexibility index (Phi) is 33.1. The molecule has 7 heteroatoms. The Labute approximate surface area is 314 Å². The van der Waals surface area contributed by atoms with Gasteiger partial charge in [0.05, 0.1) is 6.61 Å². The van der Waals surface area contributed by atoms with Crippen LogP contribution in [0, 0.1) is 0 Å². The molecular formula is C42H80O5S2. The summed E-state index contributed by atoms with van der Waals surface area (Å²) in [7, 11) is 0. The predicted molar refractivity (Wildman–Crippen MR) is 217 cm³/mol. The van der Waals surface area contributed by atoms with Crippen LogP contribution in [-0.4, -0.2) is 57.9 Å². The second kappa shape index (κ2) is 34.7. The van der Waals surface area contributed by atoms with Crippen molar-refractivity contribution >= 4 is 34.5 Å². The lowest BCUT2D eigenvalue weighted by Gasteiger charge is -2.26. The van der Waals surface area contributed by atoms with Crippen molar-refractivity contribution in [2.75, 3.05) is 13.2 Å². The summed E-state index contributed by atoms with van der Waals surface area (Å²) in [4.78, 5) is 0. The average molecular weight is 729 g/mol. The van der Waals surface area contributed by atoms with Gasteiger partial charge in [-0.1, -0.05) is 194 Å². The van der Waals surface area contributed by atoms with E-state index in [4.69, 9.17) is 38.6 Å². The molecule has 0 aromatic heterocycles. The quantitative estimate of drug-likeness (QED) is 0.0492. The number of ether oxygens (including phenoxy) is 3. The van der Waals surface area contributed by atoms with Gasteiger partial charge >= 0.3 is 0 Å². The normalized spacial score (nSPS) is 18.2. The molecule has 1 aliphatic heterocycles. The van der Waals surface area contributed by atoms with E-state index in [2.05, 4.69) is 13.8 Å². The zero-order valence-electron chi connectivity index (χ0n) is 32.3. The third-order valence-corrected chi connectivity index (χ3v) is 10.8. The zero-order chi connectivity index (χ0) is 35.6. The number of rotatable bonds is 36. The van der Waals surface area contributed by atoms with E-state index in [0.29, 0.717) is 16.5 Å². The maximum Gasteiger partial charge on any atom is 0.160 e. The van der Waals surface area contributed by atoms with E-state index in [1.165, 1.54) is 167 Å². The van der Waals surface area contributed by atoms with Gasteiger partial charge in [0.1, 0.15) is 24.9 Å². The minimum atomic E-state index is -0.935. The van der Waals surface area contributed by atoms with Crippen LogP contribution in [0.2, 0.25) is 0 Å². The molecule has 1 rings (SSSR count). The molecule has 0 unspecified atom stereocenters. The molecule has 2 N–H and O–H groups in total. The van der Waals surface area contributed by atoms with Gasteiger partial charge in [-0.2, -0.15) is 0 Å². The van der Waals surface area contributed by atoms with Crippen LogP contribution in [0.5, 0.6) is 0 Å². The van der Waals surface area contributed by atoms with Crippen molar-refractivity contribution in [1.82, 2.24) is 0 Å². The van der Waals surface area contributed by atoms with Crippen LogP contribution < -0.4 is 0 Å². The molecule has 1 fully saturated rings. The fourth-order valence-corrected chi connectivity index (χ4v) is 7.40. The van der Waals surface area contributed by atoms with Crippen molar-refractivity contribution in [3.63, 3.8) is 0 Å². The van der Waals surface area contributed by atoms with Crippen molar-refractivity contribution in [2.45, 2.75) is 244 Å². The van der Waals surface area contributed by atoms with Gasteiger partial charge in [0.15, 0.2) is 16.2 Å². The van der Waals surface area contributed by atoms with Gasteiger partial charge in [-0.15, -0.1) is 0 Å². The summed E-state index contributed by atoms with van der Waals surface area (Å²) in [6, 6.07) is 0. The number of aliphatic hydroxyl groups excluding tert-OH is 2. The summed E-state index contributed by atoms with van der Waals surface area (Å²) in [6.45, 7) is 4.72. The van der Waals surface area contributed by atoms with Gasteiger partial charge in [0.25, 0.3) is 0 Å². The first-order valence-electron chi connectivity index (χ1n) is 21.3. The highest BCUT2D eigenvalue weighted by Gasteiger charge is 2.43. The first kappa shape index (κ1) is 46.7. The molecule has 0 radical (unpaired) electrons. The molecule has 1 aliphatic rings. The summed E-state index contributed by atoms with van der Waals surface area (Å²) < 4.78 is 17.4. The number of hydrogen-bond acceptors (Lipinski definition) is 7. The van der Waals surface area contributed by atoms with Crippen LogP contribution in [0.3, 0.4) is 0 Å². The Morgan fingerprint density at radius 3 is 1.24 bits per heavy atom. The van der Waals surface area contributed by atoms with Gasteiger partial charge in [0.2, 0.25) is 0 Å².